The molecule has 2 saturated carbocycles. The van der Waals surface area contributed by atoms with Gasteiger partial charge in [0.1, 0.15) is 22.5 Å². The van der Waals surface area contributed by atoms with Crippen molar-refractivity contribution in [2.75, 3.05) is 0 Å². The number of aryl methyl sites for hydroxylation is 2. The van der Waals surface area contributed by atoms with Crippen molar-refractivity contribution in [2.45, 2.75) is 123 Å². The molecule has 2 aliphatic carbocycles. The number of fused-ring (bicyclic) bond motifs is 6. The van der Waals surface area contributed by atoms with Crippen molar-refractivity contribution in [2.24, 2.45) is 10.8 Å². The Hall–Kier alpha value is -5.10. The number of furan rings is 2. The van der Waals surface area contributed by atoms with Gasteiger partial charge in [0.15, 0.2) is 11.2 Å². The van der Waals surface area contributed by atoms with Gasteiger partial charge in [-0.05, 0) is 112 Å². The molecule has 57 heavy (non-hydrogen) atoms. The van der Waals surface area contributed by atoms with Crippen LogP contribution in [-0.2, 0) is 18.3 Å². The zero-order chi connectivity index (χ0) is 38.8. The molecule has 4 heterocycles. The molecule has 2 aliphatic rings. The van der Waals surface area contributed by atoms with Crippen LogP contribution in [0, 0.1) is 10.8 Å². The largest absolute Gasteiger partial charge is 0.454 e. The van der Waals surface area contributed by atoms with Crippen molar-refractivity contribution in [3.8, 4) is 11.4 Å². The Morgan fingerprint density at radius 2 is 0.930 bits per heavy atom. The molecule has 0 unspecified atom stereocenters. The first-order valence-electron chi connectivity index (χ1n) is 21.7. The standard InChI is InChI=1S/C51H56N4O2/c1-49(2,45-33-35(25-31-50(3)27-11-5-12-28-50)54(52-45)41-21-15-19-39-37-17-7-9-23-43(37)56-47(39)41)46-34-36(26-32-51(4)29-13-6-14-30-51)55(53-46)42-22-16-20-40-38-18-8-10-24-44(38)57-48(40)42/h7-10,15-24,33-34H,5-6,11-14,25-32H2,1-4H3. The van der Waals surface area contributed by atoms with Crippen molar-refractivity contribution >= 4 is 43.9 Å². The van der Waals surface area contributed by atoms with Gasteiger partial charge < -0.3 is 8.83 Å². The van der Waals surface area contributed by atoms with Crippen molar-refractivity contribution < 1.29 is 8.83 Å². The second-order valence-electron chi connectivity index (χ2n) is 18.7. The third-order valence-corrected chi connectivity index (χ3v) is 14.2. The van der Waals surface area contributed by atoms with Crippen molar-refractivity contribution in [3.05, 3.63) is 120 Å². The fourth-order valence-corrected chi connectivity index (χ4v) is 10.3. The first-order valence-corrected chi connectivity index (χ1v) is 21.7. The van der Waals surface area contributed by atoms with Crippen LogP contribution in [0.5, 0.6) is 0 Å². The normalized spacial score (nSPS) is 17.3. The van der Waals surface area contributed by atoms with Gasteiger partial charge >= 0.3 is 0 Å². The average Bonchev–Trinajstić information content (AvgIpc) is 4.03. The summed E-state index contributed by atoms with van der Waals surface area (Å²) in [7, 11) is 0. The third-order valence-electron chi connectivity index (χ3n) is 14.2. The molecule has 4 aromatic heterocycles. The molecule has 10 rings (SSSR count). The second-order valence-corrected chi connectivity index (χ2v) is 18.7. The van der Waals surface area contributed by atoms with Crippen molar-refractivity contribution in [3.63, 3.8) is 0 Å². The molecule has 0 radical (unpaired) electrons. The Kier molecular flexibility index (Phi) is 8.95. The van der Waals surface area contributed by atoms with Crippen LogP contribution in [0.1, 0.15) is 128 Å². The highest BCUT2D eigenvalue weighted by atomic mass is 16.3. The highest BCUT2D eigenvalue weighted by Crippen LogP contribution is 2.43. The maximum absolute atomic E-state index is 6.61. The lowest BCUT2D eigenvalue weighted by Crippen LogP contribution is -2.21. The Bertz CT molecular complexity index is 2540. The maximum atomic E-state index is 6.61. The molecule has 0 spiro atoms. The van der Waals surface area contributed by atoms with E-state index in [9.17, 15) is 0 Å². The van der Waals surface area contributed by atoms with Gasteiger partial charge in [-0.1, -0.05) is 113 Å². The first kappa shape index (κ1) is 36.3. The molecule has 292 valence electrons. The lowest BCUT2D eigenvalue weighted by molar-refractivity contribution is 0.198. The van der Waals surface area contributed by atoms with E-state index in [1.54, 1.807) is 0 Å². The van der Waals surface area contributed by atoms with Gasteiger partial charge in [-0.2, -0.15) is 10.2 Å². The van der Waals surface area contributed by atoms with Gasteiger partial charge in [-0.15, -0.1) is 0 Å². The van der Waals surface area contributed by atoms with Crippen LogP contribution in [0.25, 0.3) is 55.3 Å². The van der Waals surface area contributed by atoms with Crippen molar-refractivity contribution in [1.82, 2.24) is 19.6 Å². The first-order chi connectivity index (χ1) is 27.7. The minimum absolute atomic E-state index is 0.356. The van der Waals surface area contributed by atoms with E-state index in [0.29, 0.717) is 10.8 Å². The lowest BCUT2D eigenvalue weighted by Gasteiger charge is -2.33. The number of para-hydroxylation sites is 4. The highest BCUT2D eigenvalue weighted by molar-refractivity contribution is 6.08. The molecular formula is C51H56N4O2. The molecule has 8 aromatic rings. The summed E-state index contributed by atoms with van der Waals surface area (Å²) in [5.74, 6) is 0. The van der Waals surface area contributed by atoms with E-state index < -0.39 is 5.41 Å². The van der Waals surface area contributed by atoms with Crippen LogP contribution in [-0.4, -0.2) is 19.6 Å². The van der Waals surface area contributed by atoms with Gasteiger partial charge in [0.25, 0.3) is 0 Å². The summed E-state index contributed by atoms with van der Waals surface area (Å²) in [4.78, 5) is 0. The number of hydrogen-bond acceptors (Lipinski definition) is 4. The number of aromatic nitrogens is 4. The quantitative estimate of drug-likeness (QED) is 0.139. The molecular weight excluding hydrogens is 701 g/mol. The topological polar surface area (TPSA) is 61.9 Å². The minimum Gasteiger partial charge on any atom is -0.454 e. The predicted octanol–water partition coefficient (Wildman–Crippen LogP) is 14.0. The summed E-state index contributed by atoms with van der Waals surface area (Å²) in [5.41, 5.74) is 10.3. The molecule has 0 bridgehead atoms. The third kappa shape index (κ3) is 6.49. The number of nitrogens with zero attached hydrogens (tertiary/aromatic N) is 4. The minimum atomic E-state index is -0.479. The van der Waals surface area contributed by atoms with E-state index in [-0.39, 0.29) is 0 Å². The van der Waals surface area contributed by atoms with E-state index >= 15 is 0 Å². The van der Waals surface area contributed by atoms with E-state index in [0.717, 1.165) is 92.3 Å². The highest BCUT2D eigenvalue weighted by Gasteiger charge is 2.34. The van der Waals surface area contributed by atoms with Crippen LogP contribution in [0.15, 0.2) is 106 Å². The molecule has 6 nitrogen and oxygen atoms in total. The number of benzene rings is 4. The monoisotopic (exact) mass is 756 g/mol. The number of rotatable bonds is 10. The molecule has 0 aliphatic heterocycles. The fourth-order valence-electron chi connectivity index (χ4n) is 10.3. The maximum Gasteiger partial charge on any atom is 0.161 e. The van der Waals surface area contributed by atoms with Crippen LogP contribution >= 0.6 is 0 Å². The van der Waals surface area contributed by atoms with Gasteiger partial charge in [0.2, 0.25) is 0 Å². The van der Waals surface area contributed by atoms with Crippen molar-refractivity contribution in [1.29, 1.82) is 0 Å². The van der Waals surface area contributed by atoms with Crippen LogP contribution in [0.2, 0.25) is 0 Å². The van der Waals surface area contributed by atoms with E-state index in [4.69, 9.17) is 19.0 Å². The Morgan fingerprint density at radius 3 is 1.37 bits per heavy atom. The van der Waals surface area contributed by atoms with Gasteiger partial charge in [0, 0.05) is 32.9 Å². The Morgan fingerprint density at radius 1 is 0.526 bits per heavy atom. The lowest BCUT2D eigenvalue weighted by atomic mass is 9.72. The Labute approximate surface area is 336 Å². The van der Waals surface area contributed by atoms with Crippen LogP contribution < -0.4 is 0 Å². The van der Waals surface area contributed by atoms with Crippen LogP contribution in [0.3, 0.4) is 0 Å². The SMILES string of the molecule is CC1(CCc2cc(C(C)(C)c3cc(CCC4(C)CCCCC4)n(-c4cccc5c4oc4ccccc45)n3)nn2-c2cccc3c2oc2ccccc23)CCCCC1. The molecule has 2 fully saturated rings. The predicted molar refractivity (Wildman–Crippen MR) is 233 cm³/mol. The van der Waals surface area contributed by atoms with Gasteiger partial charge in [-0.3, -0.25) is 0 Å². The molecule has 4 aromatic carbocycles. The zero-order valence-electron chi connectivity index (χ0n) is 34.2. The summed E-state index contributed by atoms with van der Waals surface area (Å²) in [6, 6.07) is 34.5. The summed E-state index contributed by atoms with van der Waals surface area (Å²) in [6.07, 6.45) is 17.5. The summed E-state index contributed by atoms with van der Waals surface area (Å²) in [6.45, 7) is 9.60. The average molecular weight is 757 g/mol. The number of hydrogen-bond donors (Lipinski definition) is 0. The summed E-state index contributed by atoms with van der Waals surface area (Å²) < 4.78 is 17.6. The second kappa shape index (κ2) is 14.1. The molecule has 0 amide bonds. The van der Waals surface area contributed by atoms with E-state index in [1.807, 2.05) is 12.1 Å². The molecule has 6 heteroatoms. The fraction of sp³-hybridized carbons (Fsp3) is 0.412. The summed E-state index contributed by atoms with van der Waals surface area (Å²) >= 11 is 0. The van der Waals surface area contributed by atoms with Gasteiger partial charge in [-0.25, -0.2) is 9.36 Å². The molecule has 0 N–H and O–H groups in total. The zero-order valence-corrected chi connectivity index (χ0v) is 34.2. The van der Waals surface area contributed by atoms with E-state index in [1.165, 1.54) is 75.6 Å². The molecule has 0 saturated heterocycles. The smallest absolute Gasteiger partial charge is 0.161 e. The Balaban J connectivity index is 1.09. The molecule has 0 atom stereocenters. The van der Waals surface area contributed by atoms with Gasteiger partial charge in [0.05, 0.1) is 16.8 Å². The van der Waals surface area contributed by atoms with E-state index in [2.05, 4.69) is 122 Å². The summed E-state index contributed by atoms with van der Waals surface area (Å²) in [5, 5.41) is 15.6. The van der Waals surface area contributed by atoms with Crippen LogP contribution in [0.4, 0.5) is 0 Å².